The number of nitrogens with zero attached hydrogens (tertiary/aromatic N) is 1. The molecule has 0 aliphatic carbocycles. The molecule has 1 aliphatic rings. The molecule has 1 aromatic carbocycles. The van der Waals surface area contributed by atoms with E-state index in [4.69, 9.17) is 4.74 Å². The predicted octanol–water partition coefficient (Wildman–Crippen LogP) is 1.92. The first-order valence-electron chi connectivity index (χ1n) is 6.88. The van der Waals surface area contributed by atoms with Gasteiger partial charge in [-0.1, -0.05) is 0 Å². The SMILES string of the molecule is CN(C)S(=O)(=O)c1ccc(NCC2CCCCO2)cc1. The van der Waals surface area contributed by atoms with Crippen LogP contribution < -0.4 is 5.32 Å². The van der Waals surface area contributed by atoms with Crippen molar-refractivity contribution in [2.75, 3.05) is 32.6 Å². The average Bonchev–Trinajstić information content (AvgIpc) is 2.46. The van der Waals surface area contributed by atoms with E-state index in [-0.39, 0.29) is 6.10 Å². The lowest BCUT2D eigenvalue weighted by Gasteiger charge is -2.23. The molecule has 1 atom stereocenters. The first-order valence-corrected chi connectivity index (χ1v) is 8.32. The molecule has 0 amide bonds. The first-order chi connectivity index (χ1) is 9.50. The molecule has 1 unspecified atom stereocenters. The molecule has 0 spiro atoms. The average molecular weight is 298 g/mol. The van der Waals surface area contributed by atoms with Crippen LogP contribution in [0.4, 0.5) is 5.69 Å². The molecule has 1 N–H and O–H groups in total. The van der Waals surface area contributed by atoms with Crippen molar-refractivity contribution in [3.8, 4) is 0 Å². The molecule has 1 aromatic rings. The van der Waals surface area contributed by atoms with Crippen molar-refractivity contribution in [2.24, 2.45) is 0 Å². The molecule has 2 rings (SSSR count). The smallest absolute Gasteiger partial charge is 0.242 e. The number of hydrogen-bond donors (Lipinski definition) is 1. The number of rotatable bonds is 5. The molecule has 1 saturated heterocycles. The van der Waals surface area contributed by atoms with E-state index in [2.05, 4.69) is 5.32 Å². The molecule has 1 heterocycles. The summed E-state index contributed by atoms with van der Waals surface area (Å²) in [6.45, 7) is 1.60. The predicted molar refractivity (Wildman–Crippen MR) is 79.4 cm³/mol. The molecule has 0 bridgehead atoms. The van der Waals surface area contributed by atoms with E-state index in [0.717, 1.165) is 31.7 Å². The van der Waals surface area contributed by atoms with Gasteiger partial charge in [0.15, 0.2) is 0 Å². The van der Waals surface area contributed by atoms with Crippen LogP contribution in [0.1, 0.15) is 19.3 Å². The fraction of sp³-hybridized carbons (Fsp3) is 0.571. The highest BCUT2D eigenvalue weighted by Crippen LogP contribution is 2.18. The van der Waals surface area contributed by atoms with Crippen molar-refractivity contribution >= 4 is 15.7 Å². The quantitative estimate of drug-likeness (QED) is 0.902. The van der Waals surface area contributed by atoms with Crippen LogP contribution in [-0.4, -0.2) is 46.1 Å². The van der Waals surface area contributed by atoms with Gasteiger partial charge in [-0.3, -0.25) is 0 Å². The topological polar surface area (TPSA) is 58.6 Å². The van der Waals surface area contributed by atoms with Gasteiger partial charge < -0.3 is 10.1 Å². The highest BCUT2D eigenvalue weighted by Gasteiger charge is 2.17. The summed E-state index contributed by atoms with van der Waals surface area (Å²) in [4.78, 5) is 0.307. The maximum absolute atomic E-state index is 11.9. The number of hydrogen-bond acceptors (Lipinski definition) is 4. The fourth-order valence-electron chi connectivity index (χ4n) is 2.16. The second kappa shape index (κ2) is 6.56. The van der Waals surface area contributed by atoms with Gasteiger partial charge in [-0.15, -0.1) is 0 Å². The molecule has 20 heavy (non-hydrogen) atoms. The second-order valence-corrected chi connectivity index (χ2v) is 7.33. The Morgan fingerprint density at radius 1 is 1.25 bits per heavy atom. The van der Waals surface area contributed by atoms with Gasteiger partial charge in [0.05, 0.1) is 11.0 Å². The van der Waals surface area contributed by atoms with Crippen molar-refractivity contribution in [3.05, 3.63) is 24.3 Å². The molecule has 1 aliphatic heterocycles. The third-order valence-corrected chi connectivity index (χ3v) is 5.27. The third-order valence-electron chi connectivity index (χ3n) is 3.44. The number of sulfonamides is 1. The van der Waals surface area contributed by atoms with Gasteiger partial charge >= 0.3 is 0 Å². The van der Waals surface area contributed by atoms with Crippen LogP contribution >= 0.6 is 0 Å². The third kappa shape index (κ3) is 3.71. The van der Waals surface area contributed by atoms with Gasteiger partial charge in [0.1, 0.15) is 0 Å². The number of anilines is 1. The van der Waals surface area contributed by atoms with E-state index in [0.29, 0.717) is 4.90 Å². The number of nitrogens with one attached hydrogen (secondary N) is 1. The molecule has 0 radical (unpaired) electrons. The molecular weight excluding hydrogens is 276 g/mol. The summed E-state index contributed by atoms with van der Waals surface area (Å²) >= 11 is 0. The van der Waals surface area contributed by atoms with Crippen molar-refractivity contribution in [2.45, 2.75) is 30.3 Å². The van der Waals surface area contributed by atoms with Crippen LogP contribution in [-0.2, 0) is 14.8 Å². The summed E-state index contributed by atoms with van der Waals surface area (Å²) in [5.74, 6) is 0. The lowest BCUT2D eigenvalue weighted by atomic mass is 10.1. The van der Waals surface area contributed by atoms with Crippen molar-refractivity contribution < 1.29 is 13.2 Å². The monoisotopic (exact) mass is 298 g/mol. The first kappa shape index (κ1) is 15.3. The molecule has 6 heteroatoms. The summed E-state index contributed by atoms with van der Waals surface area (Å²) in [5, 5.41) is 3.29. The van der Waals surface area contributed by atoms with Crippen molar-refractivity contribution in [1.29, 1.82) is 0 Å². The lowest BCUT2D eigenvalue weighted by molar-refractivity contribution is 0.0247. The van der Waals surface area contributed by atoms with Crippen LogP contribution in [0, 0.1) is 0 Å². The van der Waals surface area contributed by atoms with Gasteiger partial charge in [0.25, 0.3) is 0 Å². The Balaban J connectivity index is 1.94. The Bertz CT molecular complexity index is 520. The second-order valence-electron chi connectivity index (χ2n) is 5.18. The van der Waals surface area contributed by atoms with E-state index < -0.39 is 10.0 Å². The highest BCUT2D eigenvalue weighted by molar-refractivity contribution is 7.89. The summed E-state index contributed by atoms with van der Waals surface area (Å²) in [5.41, 5.74) is 0.914. The summed E-state index contributed by atoms with van der Waals surface area (Å²) in [7, 11) is -0.289. The van der Waals surface area contributed by atoms with Crippen LogP contribution in [0.2, 0.25) is 0 Å². The van der Waals surface area contributed by atoms with Crippen LogP contribution in [0.25, 0.3) is 0 Å². The van der Waals surface area contributed by atoms with Crippen LogP contribution in [0.3, 0.4) is 0 Å². The van der Waals surface area contributed by atoms with Crippen LogP contribution in [0.15, 0.2) is 29.2 Å². The zero-order chi connectivity index (χ0) is 14.6. The van der Waals surface area contributed by atoms with E-state index in [9.17, 15) is 8.42 Å². The Labute approximate surface area is 121 Å². The number of ether oxygens (including phenoxy) is 1. The molecule has 112 valence electrons. The van der Waals surface area contributed by atoms with E-state index in [1.54, 1.807) is 24.3 Å². The normalized spacial score (nSPS) is 20.1. The standard InChI is InChI=1S/C14H22N2O3S/c1-16(2)20(17,18)14-8-6-12(7-9-14)15-11-13-5-3-4-10-19-13/h6-9,13,15H,3-5,10-11H2,1-2H3. The molecule has 5 nitrogen and oxygen atoms in total. The van der Waals surface area contributed by atoms with E-state index in [1.165, 1.54) is 24.8 Å². The van der Waals surface area contributed by atoms with Gasteiger partial charge in [0, 0.05) is 32.9 Å². The van der Waals surface area contributed by atoms with E-state index in [1.807, 2.05) is 0 Å². The zero-order valence-electron chi connectivity index (χ0n) is 12.0. The number of benzene rings is 1. The lowest BCUT2D eigenvalue weighted by Crippen LogP contribution is -2.27. The summed E-state index contributed by atoms with van der Waals surface area (Å²) in [6.07, 6.45) is 3.70. The highest BCUT2D eigenvalue weighted by atomic mass is 32.2. The Morgan fingerprint density at radius 2 is 1.95 bits per heavy atom. The summed E-state index contributed by atoms with van der Waals surface area (Å²) in [6, 6.07) is 6.83. The Hall–Kier alpha value is -1.11. The van der Waals surface area contributed by atoms with Crippen molar-refractivity contribution in [3.63, 3.8) is 0 Å². The van der Waals surface area contributed by atoms with Gasteiger partial charge in [0.2, 0.25) is 10.0 Å². The van der Waals surface area contributed by atoms with Gasteiger partial charge in [-0.25, -0.2) is 12.7 Å². The maximum Gasteiger partial charge on any atom is 0.242 e. The molecule has 0 aromatic heterocycles. The summed E-state index contributed by atoms with van der Waals surface area (Å²) < 4.78 is 30.7. The van der Waals surface area contributed by atoms with Gasteiger partial charge in [-0.2, -0.15) is 0 Å². The Morgan fingerprint density at radius 3 is 2.50 bits per heavy atom. The minimum atomic E-state index is -3.35. The molecule has 1 fully saturated rings. The fourth-order valence-corrected chi connectivity index (χ4v) is 3.06. The van der Waals surface area contributed by atoms with E-state index >= 15 is 0 Å². The van der Waals surface area contributed by atoms with Crippen molar-refractivity contribution in [1.82, 2.24) is 4.31 Å². The minimum Gasteiger partial charge on any atom is -0.382 e. The van der Waals surface area contributed by atoms with Crippen LogP contribution in [0.5, 0.6) is 0 Å². The maximum atomic E-state index is 11.9. The molecular formula is C14H22N2O3S. The minimum absolute atomic E-state index is 0.258. The Kier molecular flexibility index (Phi) is 5.01. The van der Waals surface area contributed by atoms with Gasteiger partial charge in [-0.05, 0) is 43.5 Å². The zero-order valence-corrected chi connectivity index (χ0v) is 12.8. The largest absolute Gasteiger partial charge is 0.382 e. The molecule has 0 saturated carbocycles.